The summed E-state index contributed by atoms with van der Waals surface area (Å²) in [5, 5.41) is 9.34. The number of hydrogen-bond donors (Lipinski definition) is 2. The van der Waals surface area contributed by atoms with Crippen LogP contribution in [0.3, 0.4) is 0 Å². The second kappa shape index (κ2) is 4.76. The summed E-state index contributed by atoms with van der Waals surface area (Å²) in [6.07, 6.45) is 3.20. The molecular formula is C14H11N5O2. The average molecular weight is 281 g/mol. The lowest BCUT2D eigenvalue weighted by Crippen LogP contribution is -2.29. The zero-order valence-corrected chi connectivity index (χ0v) is 11.1. The van der Waals surface area contributed by atoms with Gasteiger partial charge in [-0.2, -0.15) is 10.2 Å². The van der Waals surface area contributed by atoms with E-state index in [1.165, 1.54) is 0 Å². The summed E-state index contributed by atoms with van der Waals surface area (Å²) in [4.78, 5) is 23.1. The lowest BCUT2D eigenvalue weighted by atomic mass is 9.86. The summed E-state index contributed by atoms with van der Waals surface area (Å²) in [6, 6.07) is 5.51. The fraction of sp³-hybridized carbons (Fsp3) is 0.143. The molecule has 0 spiro atoms. The lowest BCUT2D eigenvalue weighted by molar-refractivity contribution is 0.373. The van der Waals surface area contributed by atoms with Crippen LogP contribution in [0.1, 0.15) is 22.9 Å². The minimum absolute atomic E-state index is 0.0450. The van der Waals surface area contributed by atoms with Gasteiger partial charge in [0.05, 0.1) is 11.5 Å². The zero-order valence-electron chi connectivity index (χ0n) is 11.1. The molecule has 0 fully saturated rings. The summed E-state index contributed by atoms with van der Waals surface area (Å²) in [6.45, 7) is 1.64. The van der Waals surface area contributed by atoms with Gasteiger partial charge in [-0.25, -0.2) is 0 Å². The third-order valence-corrected chi connectivity index (χ3v) is 3.23. The van der Waals surface area contributed by atoms with Gasteiger partial charge >= 0.3 is 0 Å². The highest BCUT2D eigenvalue weighted by atomic mass is 16.5. The number of nitrogens with two attached hydrogens (primary N) is 1. The lowest BCUT2D eigenvalue weighted by Gasteiger charge is -2.24. The van der Waals surface area contributed by atoms with Crippen molar-refractivity contribution in [3.05, 3.63) is 63.3 Å². The van der Waals surface area contributed by atoms with Gasteiger partial charge in [0.2, 0.25) is 11.8 Å². The molecule has 3 heterocycles. The number of aromatic nitrogens is 3. The predicted molar refractivity (Wildman–Crippen MR) is 73.1 cm³/mol. The van der Waals surface area contributed by atoms with E-state index in [0.29, 0.717) is 11.4 Å². The number of ether oxygens (including phenoxy) is 1. The molecule has 0 aromatic carbocycles. The Morgan fingerprint density at radius 3 is 3.00 bits per heavy atom. The normalized spacial score (nSPS) is 16.9. The van der Waals surface area contributed by atoms with E-state index in [9.17, 15) is 10.1 Å². The topological polar surface area (TPSA) is 118 Å². The van der Waals surface area contributed by atoms with Crippen LogP contribution in [-0.2, 0) is 0 Å². The maximum atomic E-state index is 12.3. The van der Waals surface area contributed by atoms with Gasteiger partial charge in [0.1, 0.15) is 17.5 Å². The molecule has 2 aromatic heterocycles. The molecule has 0 bridgehead atoms. The molecule has 3 rings (SSSR count). The van der Waals surface area contributed by atoms with E-state index >= 15 is 0 Å². The van der Waals surface area contributed by atoms with E-state index in [-0.39, 0.29) is 28.5 Å². The molecule has 0 amide bonds. The van der Waals surface area contributed by atoms with Crippen molar-refractivity contribution in [2.24, 2.45) is 5.73 Å². The van der Waals surface area contributed by atoms with Crippen molar-refractivity contribution in [3.8, 4) is 11.9 Å². The molecule has 0 saturated carbocycles. The smallest absolute Gasteiger partial charge is 0.258 e. The van der Waals surface area contributed by atoms with Gasteiger partial charge in [0.25, 0.3) is 5.56 Å². The Hall–Kier alpha value is -3.14. The van der Waals surface area contributed by atoms with Crippen molar-refractivity contribution >= 4 is 0 Å². The highest BCUT2D eigenvalue weighted by Gasteiger charge is 2.34. The quantitative estimate of drug-likeness (QED) is 0.794. The summed E-state index contributed by atoms with van der Waals surface area (Å²) in [5.41, 5.74) is 6.55. The van der Waals surface area contributed by atoms with Gasteiger partial charge in [-0.05, 0) is 18.6 Å². The number of aryl methyl sites for hydroxylation is 1. The molecule has 1 atom stereocenters. The minimum Gasteiger partial charge on any atom is -0.422 e. The van der Waals surface area contributed by atoms with Crippen LogP contribution in [0.15, 0.2) is 40.8 Å². The number of nitrogens with one attached hydrogen (secondary N) is 1. The summed E-state index contributed by atoms with van der Waals surface area (Å²) < 4.78 is 5.33. The van der Waals surface area contributed by atoms with E-state index in [0.717, 1.165) is 0 Å². The second-order valence-corrected chi connectivity index (χ2v) is 4.58. The van der Waals surface area contributed by atoms with Crippen LogP contribution in [0, 0.1) is 18.3 Å². The largest absolute Gasteiger partial charge is 0.422 e. The summed E-state index contributed by atoms with van der Waals surface area (Å²) in [5.74, 6) is -0.140. The SMILES string of the molecule is Cc1nc2c(c(=O)[nH]1)C(c1cccnc1)C(C#N)=C(N)O2. The monoisotopic (exact) mass is 281 g/mol. The van der Waals surface area contributed by atoms with Crippen LogP contribution in [0.5, 0.6) is 5.88 Å². The first kappa shape index (κ1) is 12.9. The molecule has 7 nitrogen and oxygen atoms in total. The van der Waals surface area contributed by atoms with Crippen molar-refractivity contribution in [1.82, 2.24) is 15.0 Å². The standard InChI is InChI=1S/C14H11N5O2/c1-7-18-13(20)11-10(8-3-2-4-17-6-8)9(5-15)12(16)21-14(11)19-7/h2-4,6,10H,16H2,1H3,(H,18,19,20). The molecule has 0 radical (unpaired) electrons. The molecule has 1 aliphatic rings. The van der Waals surface area contributed by atoms with Crippen molar-refractivity contribution in [3.63, 3.8) is 0 Å². The van der Waals surface area contributed by atoms with E-state index < -0.39 is 5.92 Å². The first-order valence-corrected chi connectivity index (χ1v) is 6.20. The molecule has 1 aliphatic heterocycles. The van der Waals surface area contributed by atoms with Crippen molar-refractivity contribution in [2.45, 2.75) is 12.8 Å². The number of fused-ring (bicyclic) bond motifs is 1. The Morgan fingerprint density at radius 2 is 2.33 bits per heavy atom. The number of H-pyrrole nitrogens is 1. The van der Waals surface area contributed by atoms with Crippen molar-refractivity contribution in [2.75, 3.05) is 0 Å². The molecule has 1 unspecified atom stereocenters. The third-order valence-electron chi connectivity index (χ3n) is 3.23. The fourth-order valence-electron chi connectivity index (χ4n) is 2.35. The highest BCUT2D eigenvalue weighted by Crippen LogP contribution is 2.38. The summed E-state index contributed by atoms with van der Waals surface area (Å²) in [7, 11) is 0. The van der Waals surface area contributed by atoms with Gasteiger partial charge < -0.3 is 15.5 Å². The molecule has 7 heteroatoms. The second-order valence-electron chi connectivity index (χ2n) is 4.58. The Kier molecular flexibility index (Phi) is 2.92. The van der Waals surface area contributed by atoms with Gasteiger partial charge in [0.15, 0.2) is 0 Å². The number of allylic oxidation sites excluding steroid dienone is 1. The first-order chi connectivity index (χ1) is 10.1. The van der Waals surface area contributed by atoms with Crippen LogP contribution in [0.4, 0.5) is 0 Å². The predicted octanol–water partition coefficient (Wildman–Crippen LogP) is 0.692. The van der Waals surface area contributed by atoms with E-state index in [1.807, 2.05) is 6.07 Å². The molecule has 0 aliphatic carbocycles. The molecule has 2 aromatic rings. The Bertz CT molecular complexity index is 833. The van der Waals surface area contributed by atoms with Crippen LogP contribution in [0.25, 0.3) is 0 Å². The van der Waals surface area contributed by atoms with Crippen molar-refractivity contribution < 1.29 is 4.74 Å². The maximum absolute atomic E-state index is 12.3. The Labute approximate surface area is 119 Å². The van der Waals surface area contributed by atoms with Crippen LogP contribution >= 0.6 is 0 Å². The number of aromatic amines is 1. The maximum Gasteiger partial charge on any atom is 0.258 e. The number of pyridine rings is 1. The molecule has 0 saturated heterocycles. The molecule has 104 valence electrons. The number of rotatable bonds is 1. The van der Waals surface area contributed by atoms with Crippen LogP contribution in [0.2, 0.25) is 0 Å². The zero-order chi connectivity index (χ0) is 15.0. The van der Waals surface area contributed by atoms with Crippen molar-refractivity contribution in [1.29, 1.82) is 5.26 Å². The minimum atomic E-state index is -0.635. The van der Waals surface area contributed by atoms with Crippen LogP contribution < -0.4 is 16.0 Å². The van der Waals surface area contributed by atoms with Gasteiger partial charge in [-0.3, -0.25) is 9.78 Å². The van der Waals surface area contributed by atoms with Gasteiger partial charge in [-0.15, -0.1) is 0 Å². The van der Waals surface area contributed by atoms with Crippen LogP contribution in [-0.4, -0.2) is 15.0 Å². The van der Waals surface area contributed by atoms with Gasteiger partial charge in [0, 0.05) is 12.4 Å². The first-order valence-electron chi connectivity index (χ1n) is 6.20. The Balaban J connectivity index is 2.32. The number of nitriles is 1. The highest BCUT2D eigenvalue weighted by molar-refractivity contribution is 5.52. The molecular weight excluding hydrogens is 270 g/mol. The molecule has 3 N–H and O–H groups in total. The van der Waals surface area contributed by atoms with E-state index in [1.54, 1.807) is 31.5 Å². The Morgan fingerprint density at radius 1 is 1.52 bits per heavy atom. The van der Waals surface area contributed by atoms with E-state index in [2.05, 4.69) is 15.0 Å². The van der Waals surface area contributed by atoms with E-state index in [4.69, 9.17) is 10.5 Å². The number of nitrogens with zero attached hydrogens (tertiary/aromatic N) is 3. The molecule has 21 heavy (non-hydrogen) atoms. The summed E-state index contributed by atoms with van der Waals surface area (Å²) >= 11 is 0. The fourth-order valence-corrected chi connectivity index (χ4v) is 2.35. The number of hydrogen-bond acceptors (Lipinski definition) is 6. The van der Waals surface area contributed by atoms with Gasteiger partial charge in [-0.1, -0.05) is 6.07 Å². The third kappa shape index (κ3) is 2.03. The average Bonchev–Trinajstić information content (AvgIpc) is 2.46.